The number of hydrogen-bond donors (Lipinski definition) is 6. The molecule has 2 heterocycles. The summed E-state index contributed by atoms with van der Waals surface area (Å²) in [6.07, 6.45) is -8.52. The summed E-state index contributed by atoms with van der Waals surface area (Å²) in [7, 11) is 0. The van der Waals surface area contributed by atoms with E-state index in [1.54, 1.807) is 0 Å². The van der Waals surface area contributed by atoms with E-state index >= 15 is 0 Å². The standard InChI is InChI=1S/C12H22O9/c13-1-7(11-9(17)5(15)3-19-11)21-8(2-14)12-10(18)6(16)4-20-12/h5-18H,1-4H2/t5-,6-,7+,8+,9+,10+,11+,12+/m0/s1. The van der Waals surface area contributed by atoms with Crippen LogP contribution in [0.1, 0.15) is 0 Å². The van der Waals surface area contributed by atoms with Gasteiger partial charge in [-0.2, -0.15) is 0 Å². The molecule has 8 atom stereocenters. The minimum atomic E-state index is -1.22. The maximum atomic E-state index is 9.75. The fourth-order valence-electron chi connectivity index (χ4n) is 2.58. The third kappa shape index (κ3) is 3.52. The van der Waals surface area contributed by atoms with Crippen LogP contribution in [0.25, 0.3) is 0 Å². The smallest absolute Gasteiger partial charge is 0.114 e. The zero-order valence-corrected chi connectivity index (χ0v) is 11.4. The van der Waals surface area contributed by atoms with Gasteiger partial charge in [0.2, 0.25) is 0 Å². The van der Waals surface area contributed by atoms with Gasteiger partial charge in [0, 0.05) is 0 Å². The molecule has 9 heteroatoms. The molecule has 2 fully saturated rings. The zero-order valence-electron chi connectivity index (χ0n) is 11.4. The van der Waals surface area contributed by atoms with Crippen LogP contribution in [0.5, 0.6) is 0 Å². The molecule has 0 spiro atoms. The fraction of sp³-hybridized carbons (Fsp3) is 1.00. The lowest BCUT2D eigenvalue weighted by Gasteiger charge is -2.31. The van der Waals surface area contributed by atoms with Gasteiger partial charge in [0.15, 0.2) is 0 Å². The van der Waals surface area contributed by atoms with E-state index < -0.39 is 62.0 Å². The van der Waals surface area contributed by atoms with Crippen LogP contribution in [0.2, 0.25) is 0 Å². The van der Waals surface area contributed by atoms with Crippen LogP contribution in [0.3, 0.4) is 0 Å². The highest BCUT2D eigenvalue weighted by Gasteiger charge is 2.45. The van der Waals surface area contributed by atoms with E-state index in [0.29, 0.717) is 0 Å². The molecule has 0 aromatic carbocycles. The Hall–Kier alpha value is -0.360. The van der Waals surface area contributed by atoms with Crippen molar-refractivity contribution < 1.29 is 44.8 Å². The molecule has 6 N–H and O–H groups in total. The first-order valence-electron chi connectivity index (χ1n) is 6.82. The third-order valence-electron chi connectivity index (χ3n) is 3.82. The molecule has 0 aromatic heterocycles. The number of hydrogen-bond acceptors (Lipinski definition) is 9. The summed E-state index contributed by atoms with van der Waals surface area (Å²) >= 11 is 0. The third-order valence-corrected chi connectivity index (χ3v) is 3.82. The Kier molecular flexibility index (Phi) is 5.88. The summed E-state index contributed by atoms with van der Waals surface area (Å²) in [6.45, 7) is -1.21. The minimum Gasteiger partial charge on any atom is -0.394 e. The maximum Gasteiger partial charge on any atom is 0.114 e. The lowest BCUT2D eigenvalue weighted by molar-refractivity contribution is -0.172. The second kappa shape index (κ2) is 7.27. The van der Waals surface area contributed by atoms with E-state index in [1.165, 1.54) is 0 Å². The van der Waals surface area contributed by atoms with Crippen LogP contribution >= 0.6 is 0 Å². The Morgan fingerprint density at radius 1 is 0.810 bits per heavy atom. The Morgan fingerprint density at radius 2 is 1.19 bits per heavy atom. The number of rotatable bonds is 6. The largest absolute Gasteiger partial charge is 0.394 e. The second-order valence-corrected chi connectivity index (χ2v) is 5.29. The van der Waals surface area contributed by atoms with E-state index in [2.05, 4.69) is 0 Å². The highest BCUT2D eigenvalue weighted by Crippen LogP contribution is 2.24. The van der Waals surface area contributed by atoms with Gasteiger partial charge in [0.1, 0.15) is 48.8 Å². The summed E-state index contributed by atoms with van der Waals surface area (Å²) in [5.41, 5.74) is 0. The molecule has 0 bridgehead atoms. The van der Waals surface area contributed by atoms with Gasteiger partial charge in [-0.25, -0.2) is 0 Å². The van der Waals surface area contributed by atoms with E-state index in [-0.39, 0.29) is 13.2 Å². The van der Waals surface area contributed by atoms with Crippen molar-refractivity contribution in [3.63, 3.8) is 0 Å². The Morgan fingerprint density at radius 3 is 1.43 bits per heavy atom. The molecule has 124 valence electrons. The van der Waals surface area contributed by atoms with Crippen molar-refractivity contribution in [1.29, 1.82) is 0 Å². The minimum absolute atomic E-state index is 0.0866. The van der Waals surface area contributed by atoms with Crippen molar-refractivity contribution in [1.82, 2.24) is 0 Å². The maximum absolute atomic E-state index is 9.75. The van der Waals surface area contributed by atoms with Gasteiger partial charge in [-0.1, -0.05) is 0 Å². The van der Waals surface area contributed by atoms with Gasteiger partial charge in [-0.05, 0) is 0 Å². The molecule has 21 heavy (non-hydrogen) atoms. The first-order chi connectivity index (χ1) is 9.99. The van der Waals surface area contributed by atoms with Crippen LogP contribution in [-0.4, -0.2) is 106 Å². The highest BCUT2D eigenvalue weighted by molar-refractivity contribution is 4.92. The van der Waals surface area contributed by atoms with Crippen molar-refractivity contribution in [3.05, 3.63) is 0 Å². The molecule has 2 rings (SSSR count). The monoisotopic (exact) mass is 310 g/mol. The summed E-state index contributed by atoms with van der Waals surface area (Å²) in [4.78, 5) is 0. The molecule has 9 nitrogen and oxygen atoms in total. The lowest BCUT2D eigenvalue weighted by atomic mass is 10.0. The summed E-state index contributed by atoms with van der Waals surface area (Å²) in [5, 5.41) is 57.1. The fourth-order valence-corrected chi connectivity index (χ4v) is 2.58. The van der Waals surface area contributed by atoms with Gasteiger partial charge in [-0.15, -0.1) is 0 Å². The molecule has 2 aliphatic rings. The first kappa shape index (κ1) is 17.0. The van der Waals surface area contributed by atoms with E-state index in [0.717, 1.165) is 0 Å². The van der Waals surface area contributed by atoms with Crippen LogP contribution in [-0.2, 0) is 14.2 Å². The SMILES string of the molecule is OC[C@@H](O[C@H](CO)[C@H]1OC[C@H](O)[C@H]1O)[C@H]1OC[C@H](O)[C@H]1O. The summed E-state index contributed by atoms with van der Waals surface area (Å²) in [6, 6.07) is 0. The molecule has 0 amide bonds. The topological polar surface area (TPSA) is 149 Å². The van der Waals surface area contributed by atoms with E-state index in [4.69, 9.17) is 14.2 Å². The molecule has 0 aromatic rings. The van der Waals surface area contributed by atoms with Crippen molar-refractivity contribution in [2.45, 2.75) is 48.8 Å². The average molecular weight is 310 g/mol. The molecular weight excluding hydrogens is 288 g/mol. The van der Waals surface area contributed by atoms with E-state index in [9.17, 15) is 30.6 Å². The number of ether oxygens (including phenoxy) is 3. The van der Waals surface area contributed by atoms with Crippen LogP contribution in [0.15, 0.2) is 0 Å². The Balaban J connectivity index is 1.99. The second-order valence-electron chi connectivity index (χ2n) is 5.29. The van der Waals surface area contributed by atoms with Gasteiger partial charge >= 0.3 is 0 Å². The molecule has 0 saturated carbocycles. The van der Waals surface area contributed by atoms with Crippen molar-refractivity contribution in [2.24, 2.45) is 0 Å². The predicted molar refractivity (Wildman–Crippen MR) is 66.3 cm³/mol. The highest BCUT2D eigenvalue weighted by atomic mass is 16.6. The average Bonchev–Trinajstić information content (AvgIpc) is 2.98. The Bertz CT molecular complexity index is 298. The normalized spacial score (nSPS) is 43.1. The predicted octanol–water partition coefficient (Wildman–Crippen LogP) is -4.03. The number of aliphatic hydroxyl groups excluding tert-OH is 6. The summed E-state index contributed by atoms with van der Waals surface area (Å²) in [5.74, 6) is 0. The molecule has 0 unspecified atom stereocenters. The van der Waals surface area contributed by atoms with Gasteiger partial charge in [0.05, 0.1) is 26.4 Å². The molecule has 2 aliphatic heterocycles. The van der Waals surface area contributed by atoms with Gasteiger partial charge in [-0.3, -0.25) is 0 Å². The quantitative estimate of drug-likeness (QED) is 0.288. The molecule has 0 aliphatic carbocycles. The van der Waals surface area contributed by atoms with Crippen LogP contribution in [0.4, 0.5) is 0 Å². The van der Waals surface area contributed by atoms with Crippen molar-refractivity contribution in [3.8, 4) is 0 Å². The van der Waals surface area contributed by atoms with Gasteiger partial charge in [0.25, 0.3) is 0 Å². The zero-order chi connectivity index (χ0) is 15.6. The Labute approximate surface area is 121 Å². The molecule has 2 saturated heterocycles. The first-order valence-corrected chi connectivity index (χ1v) is 6.82. The lowest BCUT2D eigenvalue weighted by Crippen LogP contribution is -2.49. The van der Waals surface area contributed by atoms with Gasteiger partial charge < -0.3 is 44.8 Å². The molecular formula is C12H22O9. The van der Waals surface area contributed by atoms with Crippen LogP contribution in [0, 0.1) is 0 Å². The van der Waals surface area contributed by atoms with Crippen LogP contribution < -0.4 is 0 Å². The molecule has 0 radical (unpaired) electrons. The van der Waals surface area contributed by atoms with E-state index in [1.807, 2.05) is 0 Å². The van der Waals surface area contributed by atoms with Crippen molar-refractivity contribution in [2.75, 3.05) is 26.4 Å². The van der Waals surface area contributed by atoms with Crippen molar-refractivity contribution >= 4 is 0 Å². The number of aliphatic hydroxyl groups is 6. The summed E-state index contributed by atoms with van der Waals surface area (Å²) < 4.78 is 15.8.